The molecule has 0 atom stereocenters. The van der Waals surface area contributed by atoms with Crippen molar-refractivity contribution in [1.82, 2.24) is 0 Å². The molecule has 0 aromatic heterocycles. The number of Topliss-reactive ketones (excluding diaryl/α,β-unsaturated/α-hetero) is 1. The molecule has 4 rings (SSSR count). The molecule has 3 nitrogen and oxygen atoms in total. The summed E-state index contributed by atoms with van der Waals surface area (Å²) in [5.74, 6) is 0.896. The molecule has 112 valence electrons. The fraction of sp³-hybridized carbons (Fsp3) is 0. The van der Waals surface area contributed by atoms with E-state index in [1.54, 1.807) is 24.3 Å². The van der Waals surface area contributed by atoms with Crippen LogP contribution in [-0.2, 0) is 0 Å². The Morgan fingerprint density at radius 1 is 1.04 bits per heavy atom. The van der Waals surface area contributed by atoms with Crippen molar-refractivity contribution in [3.63, 3.8) is 0 Å². The Morgan fingerprint density at radius 2 is 1.87 bits per heavy atom. The van der Waals surface area contributed by atoms with Gasteiger partial charge in [-0.15, -0.1) is 0 Å². The first-order chi connectivity index (χ1) is 11.1. The van der Waals surface area contributed by atoms with Gasteiger partial charge in [0.2, 0.25) is 5.78 Å². The number of ketones is 1. The number of phenolic OH excluding ortho intramolecular Hbond substituents is 1. The minimum atomic E-state index is -0.124. The standard InChI is InChI=1S/C19H11BrO3/c20-14-9-11(5-7-15(14)21)10-17-19(22)18-13-4-2-1-3-12(13)6-8-16(18)23-17/h1-10,21H. The van der Waals surface area contributed by atoms with Crippen LogP contribution in [0.2, 0.25) is 0 Å². The third-order valence-electron chi connectivity index (χ3n) is 3.83. The van der Waals surface area contributed by atoms with Crippen LogP contribution in [0.1, 0.15) is 15.9 Å². The maximum atomic E-state index is 12.7. The van der Waals surface area contributed by atoms with E-state index in [0.29, 0.717) is 15.8 Å². The number of halogens is 1. The van der Waals surface area contributed by atoms with Crippen molar-refractivity contribution >= 4 is 38.6 Å². The van der Waals surface area contributed by atoms with Crippen molar-refractivity contribution in [2.45, 2.75) is 0 Å². The Labute approximate surface area is 141 Å². The fourth-order valence-corrected chi connectivity index (χ4v) is 3.11. The molecule has 3 aromatic rings. The van der Waals surface area contributed by atoms with Crippen molar-refractivity contribution in [1.29, 1.82) is 0 Å². The molecule has 1 N–H and O–H groups in total. The molecule has 4 heteroatoms. The number of hydrogen-bond acceptors (Lipinski definition) is 3. The van der Waals surface area contributed by atoms with Gasteiger partial charge in [-0.25, -0.2) is 0 Å². The Bertz CT molecular complexity index is 989. The molecule has 23 heavy (non-hydrogen) atoms. The Morgan fingerprint density at radius 3 is 2.70 bits per heavy atom. The Kier molecular flexibility index (Phi) is 3.20. The van der Waals surface area contributed by atoms with Crippen LogP contribution in [0.25, 0.3) is 16.8 Å². The van der Waals surface area contributed by atoms with Crippen LogP contribution in [0, 0.1) is 0 Å². The summed E-state index contributed by atoms with van der Waals surface area (Å²) in [5.41, 5.74) is 1.38. The molecule has 3 aromatic carbocycles. The molecule has 0 aliphatic carbocycles. The van der Waals surface area contributed by atoms with Crippen LogP contribution in [0.15, 0.2) is 64.8 Å². The molecule has 0 amide bonds. The quantitative estimate of drug-likeness (QED) is 0.621. The summed E-state index contributed by atoms with van der Waals surface area (Å²) in [4.78, 5) is 12.7. The highest BCUT2D eigenvalue weighted by atomic mass is 79.9. The number of rotatable bonds is 1. The molecule has 0 spiro atoms. The molecular formula is C19H11BrO3. The second kappa shape index (κ2) is 5.25. The largest absolute Gasteiger partial charge is 0.507 e. The lowest BCUT2D eigenvalue weighted by atomic mass is 10.0. The second-order valence-corrected chi connectivity index (χ2v) is 6.16. The van der Waals surface area contributed by atoms with Gasteiger partial charge in [0, 0.05) is 0 Å². The molecule has 1 heterocycles. The molecule has 0 saturated carbocycles. The van der Waals surface area contributed by atoms with Gasteiger partial charge < -0.3 is 9.84 Å². The van der Waals surface area contributed by atoms with Crippen molar-refractivity contribution in [3.8, 4) is 11.5 Å². The van der Waals surface area contributed by atoms with Gasteiger partial charge in [-0.05, 0) is 56.5 Å². The van der Waals surface area contributed by atoms with Crippen LogP contribution >= 0.6 is 15.9 Å². The Hall–Kier alpha value is -2.59. The van der Waals surface area contributed by atoms with E-state index in [-0.39, 0.29) is 17.3 Å². The van der Waals surface area contributed by atoms with E-state index in [9.17, 15) is 9.90 Å². The van der Waals surface area contributed by atoms with E-state index in [1.807, 2.05) is 36.4 Å². The zero-order chi connectivity index (χ0) is 16.0. The molecule has 1 aliphatic rings. The predicted molar refractivity (Wildman–Crippen MR) is 92.7 cm³/mol. The summed E-state index contributed by atoms with van der Waals surface area (Å²) in [6.45, 7) is 0. The van der Waals surface area contributed by atoms with Crippen molar-refractivity contribution < 1.29 is 14.6 Å². The molecule has 0 radical (unpaired) electrons. The number of carbonyl (C=O) groups excluding carboxylic acids is 1. The molecule has 0 fully saturated rings. The summed E-state index contributed by atoms with van der Waals surface area (Å²) in [6, 6.07) is 16.6. The minimum absolute atomic E-state index is 0.124. The highest BCUT2D eigenvalue weighted by Gasteiger charge is 2.29. The smallest absolute Gasteiger partial charge is 0.232 e. The van der Waals surface area contributed by atoms with Crippen molar-refractivity contribution in [2.24, 2.45) is 0 Å². The van der Waals surface area contributed by atoms with E-state index in [1.165, 1.54) is 0 Å². The summed E-state index contributed by atoms with van der Waals surface area (Å²) in [5, 5.41) is 11.5. The summed E-state index contributed by atoms with van der Waals surface area (Å²) >= 11 is 3.27. The topological polar surface area (TPSA) is 46.5 Å². The average molecular weight is 367 g/mol. The number of aromatic hydroxyl groups is 1. The SMILES string of the molecule is O=C1C(=Cc2ccc(O)c(Br)c2)Oc2ccc3ccccc3c21. The fourth-order valence-electron chi connectivity index (χ4n) is 2.72. The van der Waals surface area contributed by atoms with Crippen molar-refractivity contribution in [2.75, 3.05) is 0 Å². The third-order valence-corrected chi connectivity index (χ3v) is 4.47. The van der Waals surface area contributed by atoms with Gasteiger partial charge in [0.15, 0.2) is 5.76 Å². The van der Waals surface area contributed by atoms with Crippen LogP contribution in [0.5, 0.6) is 11.5 Å². The number of carbonyl (C=O) groups is 1. The minimum Gasteiger partial charge on any atom is -0.507 e. The van der Waals surface area contributed by atoms with E-state index in [0.717, 1.165) is 16.3 Å². The molecule has 0 bridgehead atoms. The zero-order valence-electron chi connectivity index (χ0n) is 11.9. The van der Waals surface area contributed by atoms with Gasteiger partial charge in [-0.2, -0.15) is 0 Å². The van der Waals surface area contributed by atoms with Crippen LogP contribution < -0.4 is 4.74 Å². The lowest BCUT2D eigenvalue weighted by Crippen LogP contribution is -1.98. The van der Waals surface area contributed by atoms with Gasteiger partial charge in [0.05, 0.1) is 10.0 Å². The Balaban J connectivity index is 1.81. The van der Waals surface area contributed by atoms with E-state index >= 15 is 0 Å². The van der Waals surface area contributed by atoms with Crippen molar-refractivity contribution in [3.05, 3.63) is 76.0 Å². The lowest BCUT2D eigenvalue weighted by molar-refractivity contribution is 0.101. The van der Waals surface area contributed by atoms with E-state index in [4.69, 9.17) is 4.74 Å². The molecule has 1 aliphatic heterocycles. The number of allylic oxidation sites excluding steroid dienone is 1. The number of fused-ring (bicyclic) bond motifs is 3. The number of ether oxygens (including phenoxy) is 1. The lowest BCUT2D eigenvalue weighted by Gasteiger charge is -2.01. The van der Waals surface area contributed by atoms with Gasteiger partial charge in [0.1, 0.15) is 11.5 Å². The number of phenols is 1. The molecule has 0 saturated heterocycles. The van der Waals surface area contributed by atoms with Gasteiger partial charge in [-0.3, -0.25) is 4.79 Å². The van der Waals surface area contributed by atoms with E-state index < -0.39 is 0 Å². The maximum Gasteiger partial charge on any atom is 0.232 e. The van der Waals surface area contributed by atoms with Crippen LogP contribution in [-0.4, -0.2) is 10.9 Å². The zero-order valence-corrected chi connectivity index (χ0v) is 13.5. The maximum absolute atomic E-state index is 12.7. The number of benzene rings is 3. The van der Waals surface area contributed by atoms with Crippen LogP contribution in [0.4, 0.5) is 0 Å². The molecular weight excluding hydrogens is 356 g/mol. The predicted octanol–water partition coefficient (Wildman–Crippen LogP) is 4.92. The first-order valence-corrected chi connectivity index (χ1v) is 7.87. The van der Waals surface area contributed by atoms with Gasteiger partial charge >= 0.3 is 0 Å². The summed E-state index contributed by atoms with van der Waals surface area (Å²) in [7, 11) is 0. The highest BCUT2D eigenvalue weighted by Crippen LogP contribution is 2.37. The third kappa shape index (κ3) is 2.32. The first kappa shape index (κ1) is 14.0. The highest BCUT2D eigenvalue weighted by molar-refractivity contribution is 9.10. The molecule has 0 unspecified atom stereocenters. The van der Waals surface area contributed by atoms with Gasteiger partial charge in [0.25, 0.3) is 0 Å². The number of hydrogen-bond donors (Lipinski definition) is 1. The monoisotopic (exact) mass is 366 g/mol. The summed E-state index contributed by atoms with van der Waals surface area (Å²) < 4.78 is 6.30. The van der Waals surface area contributed by atoms with Crippen LogP contribution in [0.3, 0.4) is 0 Å². The van der Waals surface area contributed by atoms with E-state index in [2.05, 4.69) is 15.9 Å². The first-order valence-electron chi connectivity index (χ1n) is 7.08. The second-order valence-electron chi connectivity index (χ2n) is 5.31. The summed E-state index contributed by atoms with van der Waals surface area (Å²) in [6.07, 6.45) is 1.68. The van der Waals surface area contributed by atoms with Gasteiger partial charge in [-0.1, -0.05) is 36.4 Å². The normalized spacial score (nSPS) is 15.0. The average Bonchev–Trinajstić information content (AvgIpc) is 2.87.